The van der Waals surface area contributed by atoms with Gasteiger partial charge in [-0.3, -0.25) is 9.59 Å². The Bertz CT molecular complexity index is 865. The van der Waals surface area contributed by atoms with Crippen LogP contribution >= 0.6 is 0 Å². The number of nitrogens with zero attached hydrogens (tertiary/aromatic N) is 3. The number of benzene rings is 1. The third-order valence-corrected chi connectivity index (χ3v) is 5.92. The first kappa shape index (κ1) is 23.1. The summed E-state index contributed by atoms with van der Waals surface area (Å²) in [6.45, 7) is 7.83. The van der Waals surface area contributed by atoms with Gasteiger partial charge in [-0.1, -0.05) is 39.3 Å². The van der Waals surface area contributed by atoms with Crippen LogP contribution in [0.4, 0.5) is 0 Å². The monoisotopic (exact) mass is 423 g/mol. The van der Waals surface area contributed by atoms with E-state index in [4.69, 9.17) is 0 Å². The number of hydrogen-bond donors (Lipinski definition) is 0. The maximum absolute atomic E-state index is 13.3. The highest BCUT2D eigenvalue weighted by atomic mass is 16.2. The molecule has 0 radical (unpaired) electrons. The van der Waals surface area contributed by atoms with Crippen molar-refractivity contribution >= 4 is 11.8 Å². The molecule has 0 aliphatic heterocycles. The largest absolute Gasteiger partial charge is 0.353 e. The molecule has 1 aliphatic rings. The first-order valence-electron chi connectivity index (χ1n) is 11.7. The minimum Gasteiger partial charge on any atom is -0.353 e. The van der Waals surface area contributed by atoms with Gasteiger partial charge >= 0.3 is 0 Å². The van der Waals surface area contributed by atoms with Gasteiger partial charge in [-0.25, -0.2) is 0 Å². The van der Waals surface area contributed by atoms with E-state index in [2.05, 4.69) is 32.9 Å². The minimum atomic E-state index is -0.0266. The lowest BCUT2D eigenvalue weighted by molar-refractivity contribution is -0.133. The number of aromatic nitrogens is 1. The van der Waals surface area contributed by atoms with Crippen LogP contribution in [0.25, 0.3) is 0 Å². The number of rotatable bonds is 11. The molecule has 1 heterocycles. The lowest BCUT2D eigenvalue weighted by Gasteiger charge is -2.29. The van der Waals surface area contributed by atoms with Crippen LogP contribution in [0.3, 0.4) is 0 Å². The van der Waals surface area contributed by atoms with Crippen molar-refractivity contribution in [3.63, 3.8) is 0 Å². The van der Waals surface area contributed by atoms with E-state index in [1.54, 1.807) is 4.90 Å². The molecular weight excluding hydrogens is 386 g/mol. The van der Waals surface area contributed by atoms with E-state index in [1.165, 1.54) is 5.56 Å². The fraction of sp³-hybridized carbons (Fsp3) is 0.538. The van der Waals surface area contributed by atoms with E-state index in [9.17, 15) is 9.59 Å². The van der Waals surface area contributed by atoms with Gasteiger partial charge in [-0.05, 0) is 61.4 Å². The Kier molecular flexibility index (Phi) is 7.94. The van der Waals surface area contributed by atoms with E-state index in [-0.39, 0.29) is 24.4 Å². The molecule has 1 aromatic heterocycles. The van der Waals surface area contributed by atoms with Crippen molar-refractivity contribution < 1.29 is 9.59 Å². The third kappa shape index (κ3) is 6.46. The number of carbonyl (C=O) groups is 2. The van der Waals surface area contributed by atoms with Gasteiger partial charge < -0.3 is 14.4 Å². The summed E-state index contributed by atoms with van der Waals surface area (Å²) < 4.78 is 2.05. The Morgan fingerprint density at radius 2 is 1.84 bits per heavy atom. The highest BCUT2D eigenvalue weighted by molar-refractivity contribution is 5.97. The topological polar surface area (TPSA) is 45.6 Å². The maximum atomic E-state index is 13.3. The van der Waals surface area contributed by atoms with Crippen LogP contribution in [0.5, 0.6) is 0 Å². The van der Waals surface area contributed by atoms with Crippen LogP contribution < -0.4 is 0 Å². The molecule has 0 N–H and O–H groups in total. The molecule has 3 rings (SSSR count). The highest BCUT2D eigenvalue weighted by Crippen LogP contribution is 2.28. The van der Waals surface area contributed by atoms with Gasteiger partial charge in [0, 0.05) is 37.1 Å². The van der Waals surface area contributed by atoms with Crippen molar-refractivity contribution in [2.45, 2.75) is 65.5 Å². The molecule has 2 aromatic rings. The van der Waals surface area contributed by atoms with Crippen LogP contribution in [-0.4, -0.2) is 45.3 Å². The van der Waals surface area contributed by atoms with Gasteiger partial charge in [0.25, 0.3) is 5.91 Å². The van der Waals surface area contributed by atoms with E-state index in [0.717, 1.165) is 37.8 Å². The number of amides is 2. The van der Waals surface area contributed by atoms with E-state index in [0.29, 0.717) is 24.6 Å². The van der Waals surface area contributed by atoms with Crippen molar-refractivity contribution in [3.05, 3.63) is 59.4 Å². The Hall–Kier alpha value is -2.56. The second-order valence-corrected chi connectivity index (χ2v) is 9.24. The number of carbonyl (C=O) groups excluding carboxylic acids is 2. The average Bonchev–Trinajstić information content (AvgIpc) is 3.51. The summed E-state index contributed by atoms with van der Waals surface area (Å²) in [6.07, 6.45) is 7.32. The molecule has 2 amide bonds. The quantitative estimate of drug-likeness (QED) is 0.528. The van der Waals surface area contributed by atoms with Crippen molar-refractivity contribution in [3.8, 4) is 0 Å². The fourth-order valence-corrected chi connectivity index (χ4v) is 3.91. The Balaban J connectivity index is 1.70. The SMILES string of the molecule is CCCCc1ccc(C(=O)N(CC(=O)N(Cc2cccn2C)CC(C)C)C2CC2)cc1. The van der Waals surface area contributed by atoms with Crippen LogP contribution in [0, 0.1) is 5.92 Å². The van der Waals surface area contributed by atoms with E-state index in [1.807, 2.05) is 47.0 Å². The van der Waals surface area contributed by atoms with Crippen molar-refractivity contribution in [1.82, 2.24) is 14.4 Å². The summed E-state index contributed by atoms with van der Waals surface area (Å²) in [5.74, 6) is 0.362. The molecule has 5 nitrogen and oxygen atoms in total. The summed E-state index contributed by atoms with van der Waals surface area (Å²) in [5.41, 5.74) is 3.04. The van der Waals surface area contributed by atoms with Gasteiger partial charge in [0.1, 0.15) is 6.54 Å². The third-order valence-electron chi connectivity index (χ3n) is 5.92. The predicted octanol–water partition coefficient (Wildman–Crippen LogP) is 4.66. The summed E-state index contributed by atoms with van der Waals surface area (Å²) >= 11 is 0. The molecule has 0 spiro atoms. The Labute approximate surface area is 187 Å². The minimum absolute atomic E-state index is 0.0229. The zero-order valence-corrected chi connectivity index (χ0v) is 19.5. The smallest absolute Gasteiger partial charge is 0.254 e. The highest BCUT2D eigenvalue weighted by Gasteiger charge is 2.35. The van der Waals surface area contributed by atoms with E-state index >= 15 is 0 Å². The Morgan fingerprint density at radius 1 is 1.13 bits per heavy atom. The summed E-state index contributed by atoms with van der Waals surface area (Å²) in [7, 11) is 2.00. The fourth-order valence-electron chi connectivity index (χ4n) is 3.91. The lowest BCUT2D eigenvalue weighted by Crippen LogP contribution is -2.45. The standard InChI is InChI=1S/C26H37N3O2/c1-5-6-8-21-10-12-22(13-11-21)26(31)29(23-14-15-23)19-25(30)28(17-20(2)3)18-24-9-7-16-27(24)4/h7,9-13,16,20,23H,5-6,8,14-15,17-19H2,1-4H3. The molecule has 168 valence electrons. The zero-order chi connectivity index (χ0) is 22.4. The van der Waals surface area contributed by atoms with Crippen molar-refractivity contribution in [2.75, 3.05) is 13.1 Å². The molecule has 5 heteroatoms. The molecule has 1 aromatic carbocycles. The van der Waals surface area contributed by atoms with Crippen molar-refractivity contribution in [1.29, 1.82) is 0 Å². The second kappa shape index (κ2) is 10.7. The van der Waals surface area contributed by atoms with Crippen LogP contribution in [0.15, 0.2) is 42.6 Å². The molecule has 0 unspecified atom stereocenters. The maximum Gasteiger partial charge on any atom is 0.254 e. The van der Waals surface area contributed by atoms with Crippen LogP contribution in [0.2, 0.25) is 0 Å². The van der Waals surface area contributed by atoms with Gasteiger partial charge in [-0.15, -0.1) is 0 Å². The summed E-state index contributed by atoms with van der Waals surface area (Å²) in [4.78, 5) is 30.2. The van der Waals surface area contributed by atoms with E-state index < -0.39 is 0 Å². The number of unbranched alkanes of at least 4 members (excludes halogenated alkanes) is 1. The second-order valence-electron chi connectivity index (χ2n) is 9.24. The first-order chi connectivity index (χ1) is 14.9. The van der Waals surface area contributed by atoms with Crippen molar-refractivity contribution in [2.24, 2.45) is 13.0 Å². The molecule has 31 heavy (non-hydrogen) atoms. The molecule has 0 saturated heterocycles. The molecule has 1 aliphatic carbocycles. The zero-order valence-electron chi connectivity index (χ0n) is 19.5. The van der Waals surface area contributed by atoms with Gasteiger partial charge in [0.2, 0.25) is 5.91 Å². The lowest BCUT2D eigenvalue weighted by atomic mass is 10.1. The van der Waals surface area contributed by atoms with Crippen LogP contribution in [-0.2, 0) is 24.8 Å². The predicted molar refractivity (Wildman–Crippen MR) is 125 cm³/mol. The summed E-state index contributed by atoms with van der Waals surface area (Å²) in [5, 5.41) is 0. The van der Waals surface area contributed by atoms with Gasteiger partial charge in [-0.2, -0.15) is 0 Å². The average molecular weight is 424 g/mol. The Morgan fingerprint density at radius 3 is 2.39 bits per heavy atom. The van der Waals surface area contributed by atoms with Crippen LogP contribution in [0.1, 0.15) is 68.1 Å². The van der Waals surface area contributed by atoms with Gasteiger partial charge in [0.05, 0.1) is 6.54 Å². The number of aryl methyl sites for hydroxylation is 2. The molecular formula is C26H37N3O2. The molecule has 0 atom stereocenters. The molecule has 1 fully saturated rings. The first-order valence-corrected chi connectivity index (χ1v) is 11.7. The normalized spacial score (nSPS) is 13.5. The summed E-state index contributed by atoms with van der Waals surface area (Å²) in [6, 6.07) is 12.2. The molecule has 1 saturated carbocycles. The van der Waals surface area contributed by atoms with Gasteiger partial charge in [0.15, 0.2) is 0 Å². The number of hydrogen-bond acceptors (Lipinski definition) is 2. The molecule has 0 bridgehead atoms.